The van der Waals surface area contributed by atoms with E-state index in [1.807, 2.05) is 19.1 Å². The maximum atomic E-state index is 13.8. The van der Waals surface area contributed by atoms with Crippen molar-refractivity contribution in [1.29, 1.82) is 0 Å². The number of rotatable bonds is 4. The van der Waals surface area contributed by atoms with Gasteiger partial charge in [0.05, 0.1) is 12.9 Å². The Kier molecular flexibility index (Phi) is 3.45. The highest BCUT2D eigenvalue weighted by Crippen LogP contribution is 2.28. The molecule has 1 N–H and O–H groups in total. The highest BCUT2D eigenvalue weighted by Gasteiger charge is 2.22. The van der Waals surface area contributed by atoms with Crippen molar-refractivity contribution < 1.29 is 13.5 Å². The van der Waals surface area contributed by atoms with Gasteiger partial charge in [0.25, 0.3) is 0 Å². The van der Waals surface area contributed by atoms with Crippen molar-refractivity contribution >= 4 is 17.0 Å². The first-order valence-electron chi connectivity index (χ1n) is 7.51. The number of aryl methyl sites for hydroxylation is 1. The summed E-state index contributed by atoms with van der Waals surface area (Å²) in [5.74, 6) is 1.91. The minimum Gasteiger partial charge on any atom is -0.465 e. The molecule has 8 heteroatoms. The van der Waals surface area contributed by atoms with Crippen LogP contribution in [0.15, 0.2) is 22.9 Å². The van der Waals surface area contributed by atoms with Gasteiger partial charge in [-0.3, -0.25) is 4.57 Å². The Morgan fingerprint density at radius 3 is 3.04 bits per heavy atom. The van der Waals surface area contributed by atoms with Gasteiger partial charge in [-0.05, 0) is 31.9 Å². The van der Waals surface area contributed by atoms with Crippen LogP contribution in [0.4, 0.5) is 10.2 Å². The zero-order chi connectivity index (χ0) is 15.8. The van der Waals surface area contributed by atoms with Gasteiger partial charge in [0.2, 0.25) is 0 Å². The number of fused-ring (bicyclic) bond motifs is 1. The summed E-state index contributed by atoms with van der Waals surface area (Å²) in [6.45, 7) is 2.96. The molecule has 0 saturated carbocycles. The van der Waals surface area contributed by atoms with E-state index in [4.69, 9.17) is 9.15 Å². The second-order valence-corrected chi connectivity index (χ2v) is 5.50. The Hall–Kier alpha value is -2.48. The van der Waals surface area contributed by atoms with Crippen LogP contribution in [-0.2, 0) is 11.3 Å². The molecule has 23 heavy (non-hydrogen) atoms. The fourth-order valence-corrected chi connectivity index (χ4v) is 2.75. The number of ether oxygens (including phenoxy) is 1. The van der Waals surface area contributed by atoms with Crippen molar-refractivity contribution in [3.05, 3.63) is 36.1 Å². The Morgan fingerprint density at radius 2 is 2.30 bits per heavy atom. The van der Waals surface area contributed by atoms with E-state index < -0.39 is 6.08 Å². The molecular formula is C15H16FN5O2. The number of hydrogen-bond acceptors (Lipinski definition) is 6. The smallest absolute Gasteiger partial charge is 0.312 e. The van der Waals surface area contributed by atoms with E-state index in [0.29, 0.717) is 30.1 Å². The predicted octanol–water partition coefficient (Wildman–Crippen LogP) is 2.79. The van der Waals surface area contributed by atoms with Crippen LogP contribution >= 0.6 is 0 Å². The molecule has 4 heterocycles. The lowest BCUT2D eigenvalue weighted by Crippen LogP contribution is -2.09. The van der Waals surface area contributed by atoms with Crippen molar-refractivity contribution in [3.8, 4) is 0 Å². The van der Waals surface area contributed by atoms with Crippen molar-refractivity contribution in [2.24, 2.45) is 0 Å². The van der Waals surface area contributed by atoms with Gasteiger partial charge in [0.15, 0.2) is 17.0 Å². The van der Waals surface area contributed by atoms with Gasteiger partial charge >= 0.3 is 6.08 Å². The van der Waals surface area contributed by atoms with Crippen LogP contribution in [0.5, 0.6) is 0 Å². The number of nitrogens with zero attached hydrogens (tertiary/aromatic N) is 4. The van der Waals surface area contributed by atoms with Crippen LogP contribution in [0, 0.1) is 13.0 Å². The molecule has 1 saturated heterocycles. The molecular weight excluding hydrogens is 301 g/mol. The first kappa shape index (κ1) is 14.1. The number of anilines is 1. The maximum Gasteiger partial charge on any atom is 0.312 e. The average molecular weight is 317 g/mol. The fourth-order valence-electron chi connectivity index (χ4n) is 2.75. The minimum atomic E-state index is -0.796. The van der Waals surface area contributed by atoms with Gasteiger partial charge in [-0.2, -0.15) is 14.4 Å². The number of aromatic nitrogens is 4. The Morgan fingerprint density at radius 1 is 1.39 bits per heavy atom. The molecule has 4 rings (SSSR count). The molecule has 7 nitrogen and oxygen atoms in total. The molecule has 0 bridgehead atoms. The Balaban J connectivity index is 1.66. The van der Waals surface area contributed by atoms with Crippen molar-refractivity contribution in [2.75, 3.05) is 11.9 Å². The normalized spacial score (nSPS) is 17.9. The van der Waals surface area contributed by atoms with E-state index in [1.165, 1.54) is 0 Å². The molecule has 1 aliphatic rings. The molecule has 1 unspecified atom stereocenters. The first-order valence-corrected chi connectivity index (χ1v) is 7.51. The summed E-state index contributed by atoms with van der Waals surface area (Å²) in [4.78, 5) is 12.0. The Bertz CT molecular complexity index is 838. The molecule has 1 atom stereocenters. The highest BCUT2D eigenvalue weighted by molar-refractivity contribution is 5.82. The van der Waals surface area contributed by atoms with Crippen molar-refractivity contribution in [1.82, 2.24) is 19.5 Å². The molecule has 0 aliphatic carbocycles. The fraction of sp³-hybridized carbons (Fsp3) is 0.400. The number of halogens is 1. The van der Waals surface area contributed by atoms with Crippen molar-refractivity contribution in [3.63, 3.8) is 0 Å². The lowest BCUT2D eigenvalue weighted by Gasteiger charge is -2.11. The summed E-state index contributed by atoms with van der Waals surface area (Å²) in [5.41, 5.74) is 0.952. The third-order valence-electron chi connectivity index (χ3n) is 3.84. The van der Waals surface area contributed by atoms with Crippen LogP contribution in [0.2, 0.25) is 0 Å². The standard InChI is InChI=1S/C15H16FN5O2/c1-9-4-5-10(23-9)7-17-13-12-14(20-15(16)19-13)21(8-18-12)11-3-2-6-22-11/h4-5,8,11H,2-3,6-7H2,1H3,(H,17,19,20). The molecule has 3 aromatic heterocycles. The summed E-state index contributed by atoms with van der Waals surface area (Å²) in [7, 11) is 0. The molecule has 1 aliphatic heterocycles. The zero-order valence-electron chi connectivity index (χ0n) is 12.6. The molecule has 3 aromatic rings. The summed E-state index contributed by atoms with van der Waals surface area (Å²) in [5, 5.41) is 3.06. The third-order valence-corrected chi connectivity index (χ3v) is 3.84. The van der Waals surface area contributed by atoms with Crippen LogP contribution in [0.25, 0.3) is 11.2 Å². The lowest BCUT2D eigenvalue weighted by atomic mass is 10.3. The minimum absolute atomic E-state index is 0.144. The number of hydrogen-bond donors (Lipinski definition) is 1. The topological polar surface area (TPSA) is 78.0 Å². The van der Waals surface area contributed by atoms with Gasteiger partial charge in [0, 0.05) is 6.61 Å². The second-order valence-electron chi connectivity index (χ2n) is 5.50. The quantitative estimate of drug-likeness (QED) is 0.746. The van der Waals surface area contributed by atoms with Gasteiger partial charge in [-0.15, -0.1) is 0 Å². The monoisotopic (exact) mass is 317 g/mol. The van der Waals surface area contributed by atoms with E-state index in [1.54, 1.807) is 10.9 Å². The van der Waals surface area contributed by atoms with Crippen LogP contribution < -0.4 is 5.32 Å². The number of nitrogens with one attached hydrogen (secondary N) is 1. The predicted molar refractivity (Wildman–Crippen MR) is 80.3 cm³/mol. The summed E-state index contributed by atoms with van der Waals surface area (Å²) >= 11 is 0. The van der Waals surface area contributed by atoms with Gasteiger partial charge in [0.1, 0.15) is 17.7 Å². The second kappa shape index (κ2) is 5.62. The summed E-state index contributed by atoms with van der Waals surface area (Å²) in [6.07, 6.45) is 2.52. The zero-order valence-corrected chi connectivity index (χ0v) is 12.6. The number of imidazole rings is 1. The van der Waals surface area contributed by atoms with Gasteiger partial charge in [-0.25, -0.2) is 4.98 Å². The van der Waals surface area contributed by atoms with Crippen LogP contribution in [0.1, 0.15) is 30.6 Å². The highest BCUT2D eigenvalue weighted by atomic mass is 19.1. The summed E-state index contributed by atoms with van der Waals surface area (Å²) in [6, 6.07) is 3.74. The molecule has 0 aromatic carbocycles. The van der Waals surface area contributed by atoms with Crippen molar-refractivity contribution in [2.45, 2.75) is 32.5 Å². The van der Waals surface area contributed by atoms with E-state index >= 15 is 0 Å². The van der Waals surface area contributed by atoms with E-state index in [0.717, 1.165) is 24.4 Å². The molecule has 1 fully saturated rings. The summed E-state index contributed by atoms with van der Waals surface area (Å²) < 4.78 is 26.7. The van der Waals surface area contributed by atoms with E-state index in [9.17, 15) is 4.39 Å². The van der Waals surface area contributed by atoms with Gasteiger partial charge in [-0.1, -0.05) is 0 Å². The van der Waals surface area contributed by atoms with Gasteiger partial charge < -0.3 is 14.5 Å². The average Bonchev–Trinajstić information content (AvgIpc) is 3.24. The molecule has 0 spiro atoms. The number of furan rings is 1. The maximum absolute atomic E-state index is 13.8. The molecule has 0 radical (unpaired) electrons. The van der Waals surface area contributed by atoms with Crippen LogP contribution in [0.3, 0.4) is 0 Å². The largest absolute Gasteiger partial charge is 0.465 e. The molecule has 0 amide bonds. The Labute approximate surface area is 131 Å². The lowest BCUT2D eigenvalue weighted by molar-refractivity contribution is 0.0592. The molecule has 120 valence electrons. The van der Waals surface area contributed by atoms with Crippen LogP contribution in [-0.4, -0.2) is 26.1 Å². The van der Waals surface area contributed by atoms with E-state index in [-0.39, 0.29) is 6.23 Å². The first-order chi connectivity index (χ1) is 11.2. The SMILES string of the molecule is Cc1ccc(CNc2nc(F)nc3c2ncn3C2CCCO2)o1. The third kappa shape index (κ3) is 2.65. The van der Waals surface area contributed by atoms with E-state index in [2.05, 4.69) is 20.3 Å².